The summed E-state index contributed by atoms with van der Waals surface area (Å²) in [6, 6.07) is -0.225. The molecule has 0 aromatic carbocycles. The largest absolute Gasteiger partial charge is 0.351 e. The van der Waals surface area contributed by atoms with Gasteiger partial charge in [0.15, 0.2) is 0 Å². The maximum atomic E-state index is 11.8. The van der Waals surface area contributed by atoms with E-state index in [0.29, 0.717) is 19.4 Å². The molecule has 108 valence electrons. The number of rotatable bonds is 6. The first-order chi connectivity index (χ1) is 8.76. The summed E-state index contributed by atoms with van der Waals surface area (Å²) >= 11 is 0. The molecule has 1 atom stereocenters. The van der Waals surface area contributed by atoms with E-state index in [1.54, 1.807) is 4.90 Å². The Balaban J connectivity index is 2.74. The SMILES string of the molecule is C=C1CC[C@@H](COS(C)(=O)=O)N1C(=C)C(=O)NCC. The summed E-state index contributed by atoms with van der Waals surface area (Å²) < 4.78 is 26.8. The normalized spacial score (nSPS) is 19.6. The number of nitrogens with one attached hydrogen (secondary N) is 1. The second kappa shape index (κ2) is 6.21. The van der Waals surface area contributed by atoms with Gasteiger partial charge in [-0.05, 0) is 19.8 Å². The van der Waals surface area contributed by atoms with Crippen LogP contribution in [0.3, 0.4) is 0 Å². The Labute approximate surface area is 114 Å². The number of allylic oxidation sites excluding steroid dienone is 1. The van der Waals surface area contributed by atoms with Gasteiger partial charge in [0.2, 0.25) is 0 Å². The summed E-state index contributed by atoms with van der Waals surface area (Å²) in [7, 11) is -3.50. The molecule has 1 rings (SSSR count). The smallest absolute Gasteiger partial charge is 0.267 e. The Kier molecular flexibility index (Phi) is 5.13. The van der Waals surface area contributed by atoms with Crippen molar-refractivity contribution in [1.82, 2.24) is 10.2 Å². The minimum absolute atomic E-state index is 0.00369. The van der Waals surface area contributed by atoms with Crippen molar-refractivity contribution in [3.63, 3.8) is 0 Å². The lowest BCUT2D eigenvalue weighted by atomic mass is 10.2. The summed E-state index contributed by atoms with van der Waals surface area (Å²) in [4.78, 5) is 13.4. The van der Waals surface area contributed by atoms with Crippen molar-refractivity contribution in [2.45, 2.75) is 25.8 Å². The van der Waals surface area contributed by atoms with Crippen molar-refractivity contribution < 1.29 is 17.4 Å². The Bertz CT molecular complexity index is 484. The molecule has 1 saturated heterocycles. The average molecular weight is 288 g/mol. The van der Waals surface area contributed by atoms with Gasteiger partial charge in [-0.3, -0.25) is 8.98 Å². The summed E-state index contributed by atoms with van der Waals surface area (Å²) in [6.07, 6.45) is 2.38. The highest BCUT2D eigenvalue weighted by Crippen LogP contribution is 2.30. The van der Waals surface area contributed by atoms with Gasteiger partial charge < -0.3 is 10.2 Å². The number of likely N-dealkylation sites (N-methyl/N-ethyl adjacent to an activating group) is 1. The van der Waals surface area contributed by atoms with Crippen molar-refractivity contribution in [3.05, 3.63) is 24.6 Å². The van der Waals surface area contributed by atoms with Crippen LogP contribution in [0.25, 0.3) is 0 Å². The van der Waals surface area contributed by atoms with Gasteiger partial charge >= 0.3 is 0 Å². The molecule has 19 heavy (non-hydrogen) atoms. The van der Waals surface area contributed by atoms with Crippen LogP contribution in [0.5, 0.6) is 0 Å². The quantitative estimate of drug-likeness (QED) is 0.572. The highest BCUT2D eigenvalue weighted by Gasteiger charge is 2.32. The molecule has 0 unspecified atom stereocenters. The third-order valence-electron chi connectivity index (χ3n) is 2.84. The van der Waals surface area contributed by atoms with Crippen LogP contribution in [-0.2, 0) is 19.1 Å². The summed E-state index contributed by atoms with van der Waals surface area (Å²) in [5.74, 6) is -0.282. The molecule has 0 spiro atoms. The van der Waals surface area contributed by atoms with E-state index >= 15 is 0 Å². The predicted molar refractivity (Wildman–Crippen MR) is 72.6 cm³/mol. The molecule has 1 aliphatic rings. The molecule has 1 aliphatic heterocycles. The lowest BCUT2D eigenvalue weighted by Gasteiger charge is -2.28. The van der Waals surface area contributed by atoms with E-state index in [-0.39, 0.29) is 24.3 Å². The van der Waals surface area contributed by atoms with Crippen molar-refractivity contribution in [3.8, 4) is 0 Å². The second-order valence-electron chi connectivity index (χ2n) is 4.42. The Hall–Kier alpha value is -1.34. The molecular weight excluding hydrogens is 268 g/mol. The van der Waals surface area contributed by atoms with Crippen LogP contribution in [-0.4, -0.2) is 44.7 Å². The number of hydrogen-bond donors (Lipinski definition) is 1. The monoisotopic (exact) mass is 288 g/mol. The van der Waals surface area contributed by atoms with Crippen LogP contribution in [0.1, 0.15) is 19.8 Å². The van der Waals surface area contributed by atoms with E-state index < -0.39 is 10.1 Å². The van der Waals surface area contributed by atoms with E-state index in [0.717, 1.165) is 12.0 Å². The summed E-state index contributed by atoms with van der Waals surface area (Å²) in [5.41, 5.74) is 1.02. The first-order valence-electron chi connectivity index (χ1n) is 6.04. The van der Waals surface area contributed by atoms with Crippen molar-refractivity contribution >= 4 is 16.0 Å². The third kappa shape index (κ3) is 4.36. The number of carbonyl (C=O) groups is 1. The zero-order valence-electron chi connectivity index (χ0n) is 11.3. The van der Waals surface area contributed by atoms with E-state index in [1.165, 1.54) is 0 Å². The van der Waals surface area contributed by atoms with Gasteiger partial charge in [0, 0.05) is 12.2 Å². The number of hydrogen-bond acceptors (Lipinski definition) is 5. The van der Waals surface area contributed by atoms with E-state index in [2.05, 4.69) is 18.5 Å². The van der Waals surface area contributed by atoms with Crippen LogP contribution >= 0.6 is 0 Å². The number of carbonyl (C=O) groups excluding carboxylic acids is 1. The standard InChI is InChI=1S/C12H20N2O4S/c1-5-13-12(15)10(3)14-9(2)6-7-11(14)8-18-19(4,16)17/h11H,2-3,5-8H2,1,4H3,(H,13,15)/t11-/m0/s1. The summed E-state index contributed by atoms with van der Waals surface area (Å²) in [5, 5.41) is 2.66. The Morgan fingerprint density at radius 1 is 1.58 bits per heavy atom. The zero-order chi connectivity index (χ0) is 14.6. The molecule has 0 radical (unpaired) electrons. The number of nitrogens with zero attached hydrogens (tertiary/aromatic N) is 1. The minimum Gasteiger partial charge on any atom is -0.351 e. The molecule has 0 aromatic heterocycles. The molecule has 1 fully saturated rings. The van der Waals surface area contributed by atoms with Crippen molar-refractivity contribution in [2.75, 3.05) is 19.4 Å². The molecule has 7 heteroatoms. The van der Waals surface area contributed by atoms with E-state index in [4.69, 9.17) is 4.18 Å². The lowest BCUT2D eigenvalue weighted by molar-refractivity contribution is -0.118. The van der Waals surface area contributed by atoms with E-state index in [9.17, 15) is 13.2 Å². The fourth-order valence-corrected chi connectivity index (χ4v) is 2.39. The van der Waals surface area contributed by atoms with Crippen LogP contribution in [0.4, 0.5) is 0 Å². The lowest BCUT2D eigenvalue weighted by Crippen LogP contribution is -2.38. The first kappa shape index (κ1) is 15.7. The number of likely N-dealkylation sites (tertiary alicyclic amines) is 1. The van der Waals surface area contributed by atoms with E-state index in [1.807, 2.05) is 6.92 Å². The van der Waals surface area contributed by atoms with Crippen molar-refractivity contribution in [2.24, 2.45) is 0 Å². The fraction of sp³-hybridized carbons (Fsp3) is 0.583. The molecule has 0 saturated carbocycles. The topological polar surface area (TPSA) is 75.7 Å². The molecule has 1 amide bonds. The van der Waals surface area contributed by atoms with Crippen LogP contribution in [0, 0.1) is 0 Å². The predicted octanol–water partition coefficient (Wildman–Crippen LogP) is 0.591. The van der Waals surface area contributed by atoms with Gasteiger partial charge in [-0.15, -0.1) is 0 Å². The Morgan fingerprint density at radius 3 is 2.74 bits per heavy atom. The van der Waals surface area contributed by atoms with Gasteiger partial charge in [-0.1, -0.05) is 13.2 Å². The molecular formula is C12H20N2O4S. The molecule has 0 aliphatic carbocycles. The third-order valence-corrected chi connectivity index (χ3v) is 3.40. The van der Waals surface area contributed by atoms with Gasteiger partial charge in [-0.2, -0.15) is 8.42 Å². The first-order valence-corrected chi connectivity index (χ1v) is 7.86. The van der Waals surface area contributed by atoms with Crippen molar-refractivity contribution in [1.29, 1.82) is 0 Å². The van der Waals surface area contributed by atoms with Gasteiger partial charge in [0.25, 0.3) is 16.0 Å². The zero-order valence-corrected chi connectivity index (χ0v) is 12.1. The van der Waals surface area contributed by atoms with Crippen LogP contribution in [0.2, 0.25) is 0 Å². The molecule has 6 nitrogen and oxygen atoms in total. The van der Waals surface area contributed by atoms with Gasteiger partial charge in [0.05, 0.1) is 24.6 Å². The fourth-order valence-electron chi connectivity index (χ4n) is 1.98. The maximum Gasteiger partial charge on any atom is 0.267 e. The highest BCUT2D eigenvalue weighted by molar-refractivity contribution is 7.85. The average Bonchev–Trinajstić information content (AvgIpc) is 2.66. The number of amides is 1. The molecule has 0 aromatic rings. The summed E-state index contributed by atoms with van der Waals surface area (Å²) in [6.45, 7) is 9.94. The second-order valence-corrected chi connectivity index (χ2v) is 6.07. The maximum absolute atomic E-state index is 11.8. The van der Waals surface area contributed by atoms with Gasteiger partial charge in [-0.25, -0.2) is 0 Å². The van der Waals surface area contributed by atoms with Crippen LogP contribution in [0.15, 0.2) is 24.6 Å². The highest BCUT2D eigenvalue weighted by atomic mass is 32.2. The Morgan fingerprint density at radius 2 is 2.21 bits per heavy atom. The minimum atomic E-state index is -3.50. The van der Waals surface area contributed by atoms with Crippen LogP contribution < -0.4 is 5.32 Å². The molecule has 1 N–H and O–H groups in total. The molecule has 1 heterocycles. The van der Waals surface area contributed by atoms with Gasteiger partial charge in [0.1, 0.15) is 0 Å². The molecule has 0 bridgehead atoms.